The number of halogens is 2. The predicted octanol–water partition coefficient (Wildman–Crippen LogP) is 2.42. The van der Waals surface area contributed by atoms with Crippen LogP contribution in [0, 0.1) is 0 Å². The maximum Gasteiger partial charge on any atom is 0.255 e. The van der Waals surface area contributed by atoms with Crippen molar-refractivity contribution >= 4 is 5.91 Å². The van der Waals surface area contributed by atoms with Crippen LogP contribution in [0.2, 0.25) is 0 Å². The second kappa shape index (κ2) is 6.79. The maximum atomic E-state index is 12.6. The van der Waals surface area contributed by atoms with Gasteiger partial charge in [-0.2, -0.15) is 0 Å². The number of nitrogens with zero attached hydrogens (tertiary/aromatic N) is 1. The summed E-state index contributed by atoms with van der Waals surface area (Å²) in [5, 5.41) is 3.19. The zero-order valence-corrected chi connectivity index (χ0v) is 11.6. The van der Waals surface area contributed by atoms with Crippen LogP contribution < -0.4 is 5.32 Å². The predicted molar refractivity (Wildman–Crippen MR) is 73.5 cm³/mol. The van der Waals surface area contributed by atoms with Crippen molar-refractivity contribution in [3.05, 3.63) is 35.9 Å². The molecule has 5 heteroatoms. The molecule has 0 aliphatic carbocycles. The molecule has 110 valence electrons. The molecule has 1 amide bonds. The summed E-state index contributed by atoms with van der Waals surface area (Å²) in [6.07, 6.45) is -0.669. The number of carbonyl (C=O) groups excluding carboxylic acids is 1. The van der Waals surface area contributed by atoms with Crippen LogP contribution in [-0.4, -0.2) is 36.0 Å². The molecule has 2 rings (SSSR count). The van der Waals surface area contributed by atoms with E-state index in [2.05, 4.69) is 5.32 Å². The molecule has 0 spiro atoms. The number of carbonyl (C=O) groups is 1. The van der Waals surface area contributed by atoms with Gasteiger partial charge in [-0.3, -0.25) is 10.1 Å². The van der Waals surface area contributed by atoms with Crippen molar-refractivity contribution in [2.75, 3.05) is 6.54 Å². The molecule has 1 aliphatic rings. The van der Waals surface area contributed by atoms with Gasteiger partial charge < -0.3 is 4.90 Å². The molecular formula is C15H20F2N2O. The van der Waals surface area contributed by atoms with Gasteiger partial charge >= 0.3 is 0 Å². The SMILES string of the molecule is CCCC1NC(Cc2ccccc2)C(=O)N1CC(F)F. The molecule has 1 heterocycles. The highest BCUT2D eigenvalue weighted by Gasteiger charge is 2.39. The van der Waals surface area contributed by atoms with Gasteiger partial charge in [0.25, 0.3) is 6.43 Å². The third kappa shape index (κ3) is 3.54. The summed E-state index contributed by atoms with van der Waals surface area (Å²) >= 11 is 0. The average molecular weight is 282 g/mol. The van der Waals surface area contributed by atoms with Crippen LogP contribution in [-0.2, 0) is 11.2 Å². The minimum atomic E-state index is -2.49. The maximum absolute atomic E-state index is 12.6. The quantitative estimate of drug-likeness (QED) is 0.869. The Hall–Kier alpha value is -1.49. The van der Waals surface area contributed by atoms with Gasteiger partial charge in [0, 0.05) is 0 Å². The second-order valence-corrected chi connectivity index (χ2v) is 5.10. The van der Waals surface area contributed by atoms with Crippen molar-refractivity contribution in [1.29, 1.82) is 0 Å². The van der Waals surface area contributed by atoms with Crippen LogP contribution in [0.4, 0.5) is 8.78 Å². The van der Waals surface area contributed by atoms with Gasteiger partial charge in [0.05, 0.1) is 18.8 Å². The van der Waals surface area contributed by atoms with Crippen LogP contribution in [0.1, 0.15) is 25.3 Å². The van der Waals surface area contributed by atoms with Crippen molar-refractivity contribution in [2.24, 2.45) is 0 Å². The first kappa shape index (κ1) is 14.9. The van der Waals surface area contributed by atoms with Gasteiger partial charge in [0.15, 0.2) is 0 Å². The van der Waals surface area contributed by atoms with E-state index in [1.807, 2.05) is 37.3 Å². The van der Waals surface area contributed by atoms with Crippen LogP contribution in [0.3, 0.4) is 0 Å². The lowest BCUT2D eigenvalue weighted by Gasteiger charge is -2.23. The topological polar surface area (TPSA) is 32.3 Å². The standard InChI is InChI=1S/C15H20F2N2O/c1-2-6-14-18-12(9-11-7-4-3-5-8-11)15(20)19(14)10-13(16)17/h3-5,7-8,12-14,18H,2,6,9-10H2,1H3. The highest BCUT2D eigenvalue weighted by Crippen LogP contribution is 2.19. The van der Waals surface area contributed by atoms with Crippen LogP contribution >= 0.6 is 0 Å². The van der Waals surface area contributed by atoms with Crippen molar-refractivity contribution in [3.8, 4) is 0 Å². The van der Waals surface area contributed by atoms with Gasteiger partial charge in [0.1, 0.15) is 0 Å². The molecule has 1 fully saturated rings. The molecule has 0 saturated carbocycles. The van der Waals surface area contributed by atoms with E-state index < -0.39 is 19.0 Å². The lowest BCUT2D eigenvalue weighted by molar-refractivity contribution is -0.132. The van der Waals surface area contributed by atoms with E-state index in [0.717, 1.165) is 12.0 Å². The summed E-state index contributed by atoms with van der Waals surface area (Å²) in [4.78, 5) is 13.6. The molecule has 20 heavy (non-hydrogen) atoms. The fourth-order valence-corrected chi connectivity index (χ4v) is 2.62. The zero-order valence-electron chi connectivity index (χ0n) is 11.6. The Morgan fingerprint density at radius 1 is 1.30 bits per heavy atom. The van der Waals surface area contributed by atoms with E-state index in [0.29, 0.717) is 12.8 Å². The molecule has 2 unspecified atom stereocenters. The summed E-state index contributed by atoms with van der Waals surface area (Å²) in [7, 11) is 0. The molecule has 1 aromatic rings. The Labute approximate surface area is 118 Å². The summed E-state index contributed by atoms with van der Waals surface area (Å²) in [6.45, 7) is 1.50. The molecule has 1 aromatic carbocycles. The first-order valence-corrected chi connectivity index (χ1v) is 7.00. The minimum Gasteiger partial charge on any atom is -0.320 e. The molecule has 3 nitrogen and oxygen atoms in total. The number of alkyl halides is 2. The third-order valence-corrected chi connectivity index (χ3v) is 3.53. The normalized spacial score (nSPS) is 22.8. The average Bonchev–Trinajstić information content (AvgIpc) is 2.69. The van der Waals surface area contributed by atoms with E-state index >= 15 is 0 Å². The summed E-state index contributed by atoms with van der Waals surface area (Å²) in [6, 6.07) is 9.23. The molecular weight excluding hydrogens is 262 g/mol. The molecule has 2 atom stereocenters. The zero-order chi connectivity index (χ0) is 14.5. The number of nitrogens with one attached hydrogen (secondary N) is 1. The Kier molecular flexibility index (Phi) is 5.06. The van der Waals surface area contributed by atoms with Crippen LogP contribution in [0.25, 0.3) is 0 Å². The molecule has 0 aromatic heterocycles. The van der Waals surface area contributed by atoms with Gasteiger partial charge in [-0.1, -0.05) is 43.7 Å². The van der Waals surface area contributed by atoms with Gasteiger partial charge in [-0.25, -0.2) is 8.78 Å². The monoisotopic (exact) mass is 282 g/mol. The number of benzene rings is 1. The molecule has 1 saturated heterocycles. The fourth-order valence-electron chi connectivity index (χ4n) is 2.62. The van der Waals surface area contributed by atoms with Gasteiger partial charge in [0.2, 0.25) is 5.91 Å². The lowest BCUT2D eigenvalue weighted by Crippen LogP contribution is -2.40. The van der Waals surface area contributed by atoms with Crippen molar-refractivity contribution in [2.45, 2.75) is 44.8 Å². The van der Waals surface area contributed by atoms with Gasteiger partial charge in [-0.05, 0) is 18.4 Å². The molecule has 1 N–H and O–H groups in total. The Bertz CT molecular complexity index is 439. The Morgan fingerprint density at radius 2 is 2.00 bits per heavy atom. The summed E-state index contributed by atoms with van der Waals surface area (Å²) in [5.74, 6) is -0.215. The first-order chi connectivity index (χ1) is 9.61. The summed E-state index contributed by atoms with van der Waals surface area (Å²) < 4.78 is 25.2. The van der Waals surface area contributed by atoms with E-state index in [9.17, 15) is 13.6 Å². The molecule has 0 bridgehead atoms. The number of hydrogen-bond donors (Lipinski definition) is 1. The van der Waals surface area contributed by atoms with Crippen molar-refractivity contribution in [3.63, 3.8) is 0 Å². The first-order valence-electron chi connectivity index (χ1n) is 7.00. The summed E-state index contributed by atoms with van der Waals surface area (Å²) in [5.41, 5.74) is 1.03. The van der Waals surface area contributed by atoms with E-state index in [4.69, 9.17) is 0 Å². The Balaban J connectivity index is 2.06. The third-order valence-electron chi connectivity index (χ3n) is 3.53. The smallest absolute Gasteiger partial charge is 0.255 e. The van der Waals surface area contributed by atoms with Crippen LogP contribution in [0.15, 0.2) is 30.3 Å². The highest BCUT2D eigenvalue weighted by atomic mass is 19.3. The fraction of sp³-hybridized carbons (Fsp3) is 0.533. The number of rotatable bonds is 6. The minimum absolute atomic E-state index is 0.215. The van der Waals surface area contributed by atoms with Crippen molar-refractivity contribution in [1.82, 2.24) is 10.2 Å². The molecule has 1 aliphatic heterocycles. The highest BCUT2D eigenvalue weighted by molar-refractivity contribution is 5.84. The largest absolute Gasteiger partial charge is 0.320 e. The van der Waals surface area contributed by atoms with E-state index in [1.165, 1.54) is 4.90 Å². The second-order valence-electron chi connectivity index (χ2n) is 5.10. The number of amides is 1. The van der Waals surface area contributed by atoms with Gasteiger partial charge in [-0.15, -0.1) is 0 Å². The number of hydrogen-bond acceptors (Lipinski definition) is 2. The van der Waals surface area contributed by atoms with E-state index in [1.54, 1.807) is 0 Å². The van der Waals surface area contributed by atoms with Crippen LogP contribution in [0.5, 0.6) is 0 Å². The Morgan fingerprint density at radius 3 is 2.60 bits per heavy atom. The van der Waals surface area contributed by atoms with E-state index in [-0.39, 0.29) is 12.1 Å². The van der Waals surface area contributed by atoms with Crippen molar-refractivity contribution < 1.29 is 13.6 Å². The lowest BCUT2D eigenvalue weighted by atomic mass is 10.1. The molecule has 0 radical (unpaired) electrons.